The van der Waals surface area contributed by atoms with Gasteiger partial charge in [0.2, 0.25) is 0 Å². The van der Waals surface area contributed by atoms with E-state index in [1.165, 1.54) is 0 Å². The van der Waals surface area contributed by atoms with Crippen LogP contribution in [0.1, 0.15) is 19.2 Å². The molecule has 0 radical (unpaired) electrons. The lowest BCUT2D eigenvalue weighted by molar-refractivity contribution is -0.0281. The molecule has 0 spiro atoms. The number of hydrogen-bond acceptors (Lipinski definition) is 3. The summed E-state index contributed by atoms with van der Waals surface area (Å²) in [6.07, 6.45) is 11.8. The zero-order valence-electron chi connectivity index (χ0n) is 13.9. The highest BCUT2D eigenvalue weighted by atomic mass is 35.5. The van der Waals surface area contributed by atoms with Gasteiger partial charge in [-0.3, -0.25) is 0 Å². The molecule has 0 aromatic carbocycles. The molecule has 1 aromatic rings. The van der Waals surface area contributed by atoms with E-state index in [2.05, 4.69) is 41.5 Å². The van der Waals surface area contributed by atoms with Gasteiger partial charge in [-0.25, -0.2) is 4.98 Å². The molecule has 2 atom stereocenters. The maximum absolute atomic E-state index is 6.22. The Morgan fingerprint density at radius 1 is 1.45 bits per heavy atom. The molecule has 4 nitrogen and oxygen atoms in total. The van der Waals surface area contributed by atoms with Gasteiger partial charge in [-0.1, -0.05) is 17.7 Å². The molecule has 5 heteroatoms. The topological polar surface area (TPSA) is 30.3 Å². The fourth-order valence-corrected chi connectivity index (χ4v) is 3.00. The number of allylic oxidation sites excluding steroid dienone is 2. The van der Waals surface area contributed by atoms with Crippen molar-refractivity contribution in [2.45, 2.75) is 25.4 Å². The minimum atomic E-state index is -0.385. The SMILES string of the molecule is CN(C)CCCOC1(C)C=C(Cl)C=CC1Cc1nccn1C. The maximum atomic E-state index is 6.22. The van der Waals surface area contributed by atoms with Crippen LogP contribution in [0.5, 0.6) is 0 Å². The third kappa shape index (κ3) is 4.45. The van der Waals surface area contributed by atoms with E-state index in [1.54, 1.807) is 0 Å². The Hall–Kier alpha value is -1.10. The molecule has 2 rings (SSSR count). The first-order valence-corrected chi connectivity index (χ1v) is 8.10. The van der Waals surface area contributed by atoms with E-state index in [0.29, 0.717) is 0 Å². The van der Waals surface area contributed by atoms with Crippen molar-refractivity contribution in [1.82, 2.24) is 14.5 Å². The van der Waals surface area contributed by atoms with Gasteiger partial charge in [0.25, 0.3) is 0 Å². The van der Waals surface area contributed by atoms with E-state index in [4.69, 9.17) is 16.3 Å². The van der Waals surface area contributed by atoms with Gasteiger partial charge >= 0.3 is 0 Å². The summed E-state index contributed by atoms with van der Waals surface area (Å²) in [5.74, 6) is 1.29. The van der Waals surface area contributed by atoms with Crippen molar-refractivity contribution >= 4 is 11.6 Å². The molecule has 0 N–H and O–H groups in total. The van der Waals surface area contributed by atoms with Crippen LogP contribution in [0.25, 0.3) is 0 Å². The van der Waals surface area contributed by atoms with Gasteiger partial charge in [-0.05, 0) is 46.1 Å². The van der Waals surface area contributed by atoms with Gasteiger partial charge in [-0.2, -0.15) is 0 Å². The lowest BCUT2D eigenvalue weighted by Crippen LogP contribution is -2.39. The average molecular weight is 324 g/mol. The summed E-state index contributed by atoms with van der Waals surface area (Å²) in [5, 5.41) is 0.742. The second-order valence-electron chi connectivity index (χ2n) is 6.34. The predicted molar refractivity (Wildman–Crippen MR) is 91.0 cm³/mol. The van der Waals surface area contributed by atoms with Crippen LogP contribution < -0.4 is 0 Å². The molecule has 2 unspecified atom stereocenters. The molecule has 22 heavy (non-hydrogen) atoms. The number of ether oxygens (including phenoxy) is 1. The third-order valence-electron chi connectivity index (χ3n) is 4.13. The van der Waals surface area contributed by atoms with E-state index in [0.717, 1.165) is 36.8 Å². The molecule has 1 aliphatic rings. The van der Waals surface area contributed by atoms with Crippen LogP contribution in [0.3, 0.4) is 0 Å². The zero-order chi connectivity index (χ0) is 16.2. The first kappa shape index (κ1) is 17.3. The Labute approximate surface area is 138 Å². The quantitative estimate of drug-likeness (QED) is 0.723. The highest BCUT2D eigenvalue weighted by Crippen LogP contribution is 2.34. The van der Waals surface area contributed by atoms with Crippen molar-refractivity contribution in [1.29, 1.82) is 0 Å². The third-order valence-corrected chi connectivity index (χ3v) is 4.37. The van der Waals surface area contributed by atoms with Crippen LogP contribution in [-0.4, -0.2) is 47.3 Å². The number of hydrogen-bond donors (Lipinski definition) is 0. The summed E-state index contributed by atoms with van der Waals surface area (Å²) in [6, 6.07) is 0. The van der Waals surface area contributed by atoms with Crippen LogP contribution in [0.4, 0.5) is 0 Å². The van der Waals surface area contributed by atoms with Gasteiger partial charge in [0.1, 0.15) is 5.82 Å². The van der Waals surface area contributed by atoms with E-state index >= 15 is 0 Å². The number of aromatic nitrogens is 2. The van der Waals surface area contributed by atoms with E-state index in [-0.39, 0.29) is 11.5 Å². The molecular formula is C17H26ClN3O. The molecule has 0 fully saturated rings. The van der Waals surface area contributed by atoms with Gasteiger partial charge < -0.3 is 14.2 Å². The number of halogens is 1. The molecule has 0 bridgehead atoms. The smallest absolute Gasteiger partial charge is 0.109 e. The molecule has 1 heterocycles. The molecule has 1 aliphatic carbocycles. The number of rotatable bonds is 7. The Balaban J connectivity index is 2.03. The monoisotopic (exact) mass is 323 g/mol. The van der Waals surface area contributed by atoms with Crippen molar-refractivity contribution in [3.8, 4) is 0 Å². The highest BCUT2D eigenvalue weighted by molar-refractivity contribution is 6.31. The van der Waals surface area contributed by atoms with Crippen LogP contribution >= 0.6 is 11.6 Å². The van der Waals surface area contributed by atoms with Crippen molar-refractivity contribution in [3.63, 3.8) is 0 Å². The van der Waals surface area contributed by atoms with Gasteiger partial charge in [0.15, 0.2) is 0 Å². The standard InChI is InChI=1S/C17H26ClN3O/c1-17(22-11-5-9-20(2)3)13-15(18)7-6-14(17)12-16-19-8-10-21(16)4/h6-8,10,13-14H,5,9,11-12H2,1-4H3. The number of nitrogens with zero attached hydrogens (tertiary/aromatic N) is 3. The number of aryl methyl sites for hydroxylation is 1. The molecule has 0 aliphatic heterocycles. The largest absolute Gasteiger partial charge is 0.370 e. The summed E-state index contributed by atoms with van der Waals surface area (Å²) < 4.78 is 8.27. The second kappa shape index (κ2) is 7.44. The molecule has 1 aromatic heterocycles. The molecule has 0 saturated heterocycles. The van der Waals surface area contributed by atoms with E-state index < -0.39 is 0 Å². The predicted octanol–water partition coefficient (Wildman–Crippen LogP) is 3.00. The summed E-state index contributed by atoms with van der Waals surface area (Å²) in [6.45, 7) is 3.86. The summed E-state index contributed by atoms with van der Waals surface area (Å²) in [4.78, 5) is 6.59. The summed E-state index contributed by atoms with van der Waals surface area (Å²) in [5.41, 5.74) is -0.385. The van der Waals surface area contributed by atoms with E-state index in [9.17, 15) is 0 Å². The molecule has 0 saturated carbocycles. The van der Waals surface area contributed by atoms with Gasteiger partial charge in [-0.15, -0.1) is 0 Å². The maximum Gasteiger partial charge on any atom is 0.109 e. The summed E-state index contributed by atoms with van der Waals surface area (Å²) >= 11 is 6.21. The highest BCUT2D eigenvalue weighted by Gasteiger charge is 2.34. The van der Waals surface area contributed by atoms with Crippen molar-refractivity contribution in [3.05, 3.63) is 41.5 Å². The Morgan fingerprint density at radius 3 is 2.86 bits per heavy atom. The van der Waals surface area contributed by atoms with Crippen molar-refractivity contribution < 1.29 is 4.74 Å². The van der Waals surface area contributed by atoms with Gasteiger partial charge in [0.05, 0.1) is 5.60 Å². The fourth-order valence-electron chi connectivity index (χ4n) is 2.71. The Bertz CT molecular complexity index is 550. The van der Waals surface area contributed by atoms with Crippen LogP contribution in [0.15, 0.2) is 35.7 Å². The minimum absolute atomic E-state index is 0.232. The first-order valence-electron chi connectivity index (χ1n) is 7.72. The van der Waals surface area contributed by atoms with Crippen LogP contribution in [0, 0.1) is 5.92 Å². The average Bonchev–Trinajstić information content (AvgIpc) is 2.84. The van der Waals surface area contributed by atoms with Crippen LogP contribution in [-0.2, 0) is 18.2 Å². The lowest BCUT2D eigenvalue weighted by Gasteiger charge is -2.36. The molecule has 122 valence electrons. The van der Waals surface area contributed by atoms with Crippen LogP contribution in [0.2, 0.25) is 0 Å². The summed E-state index contributed by atoms with van der Waals surface area (Å²) in [7, 11) is 6.17. The fraction of sp³-hybridized carbons (Fsp3) is 0.588. The molecule has 0 amide bonds. The second-order valence-corrected chi connectivity index (χ2v) is 6.78. The lowest BCUT2D eigenvalue weighted by atomic mass is 9.82. The zero-order valence-corrected chi connectivity index (χ0v) is 14.7. The number of imidazole rings is 1. The normalized spacial score (nSPS) is 24.8. The van der Waals surface area contributed by atoms with Gasteiger partial charge in [0, 0.05) is 43.4 Å². The Kier molecular flexibility index (Phi) is 5.84. The first-order chi connectivity index (χ1) is 10.4. The van der Waals surface area contributed by atoms with Crippen molar-refractivity contribution in [2.75, 3.05) is 27.2 Å². The van der Waals surface area contributed by atoms with E-state index in [1.807, 2.05) is 31.6 Å². The van der Waals surface area contributed by atoms with Crippen molar-refractivity contribution in [2.24, 2.45) is 13.0 Å². The minimum Gasteiger partial charge on any atom is -0.370 e. The Morgan fingerprint density at radius 2 is 2.23 bits per heavy atom. The molecular weight excluding hydrogens is 298 g/mol.